The zero-order valence-electron chi connectivity index (χ0n) is 8.02. The van der Waals surface area contributed by atoms with Gasteiger partial charge in [0.25, 0.3) is 9.84 Å². The molecule has 0 spiro atoms. The second kappa shape index (κ2) is 4.24. The van der Waals surface area contributed by atoms with Crippen LogP contribution in [0.1, 0.15) is 0 Å². The Morgan fingerprint density at radius 1 is 1.24 bits per heavy atom. The van der Waals surface area contributed by atoms with Gasteiger partial charge in [-0.1, -0.05) is 12.1 Å². The minimum absolute atomic E-state index is 0.641. The summed E-state index contributed by atoms with van der Waals surface area (Å²) in [5.74, 6) is 0. The topological polar surface area (TPSA) is 83.5 Å². The van der Waals surface area contributed by atoms with Gasteiger partial charge in [0, 0.05) is 0 Å². The van der Waals surface area contributed by atoms with Crippen molar-refractivity contribution in [2.75, 3.05) is 5.32 Å². The molecule has 0 aliphatic carbocycles. The lowest BCUT2D eigenvalue weighted by molar-refractivity contribution is -0.0435. The molecule has 2 N–H and O–H groups in total. The molecule has 1 aromatic carbocycles. The van der Waals surface area contributed by atoms with Crippen LogP contribution >= 0.6 is 0 Å². The number of nitrogens with one attached hydrogen (secondary N) is 1. The standard InChI is InChI=1S/C8H6F3NO4S/c9-8(10,11)17(15,16)6-4-2-1-3-5(6)12-7(13)14/h1-4,12H,(H,13,14). The van der Waals surface area contributed by atoms with Crippen LogP contribution in [0.5, 0.6) is 0 Å². The fraction of sp³-hybridized carbons (Fsp3) is 0.125. The van der Waals surface area contributed by atoms with Gasteiger partial charge in [0.2, 0.25) is 0 Å². The van der Waals surface area contributed by atoms with Crippen molar-refractivity contribution >= 4 is 21.6 Å². The van der Waals surface area contributed by atoms with Crippen molar-refractivity contribution in [2.45, 2.75) is 10.4 Å². The molecular weight excluding hydrogens is 263 g/mol. The van der Waals surface area contributed by atoms with E-state index in [0.29, 0.717) is 6.07 Å². The fourth-order valence-corrected chi connectivity index (χ4v) is 1.96. The summed E-state index contributed by atoms with van der Waals surface area (Å²) >= 11 is 0. The molecule has 0 aromatic heterocycles. The molecule has 0 aliphatic rings. The molecule has 9 heteroatoms. The summed E-state index contributed by atoms with van der Waals surface area (Å²) in [6.07, 6.45) is -1.66. The highest BCUT2D eigenvalue weighted by Gasteiger charge is 2.48. The van der Waals surface area contributed by atoms with Crippen LogP contribution in [-0.4, -0.2) is 25.1 Å². The average molecular weight is 269 g/mol. The van der Waals surface area contributed by atoms with Crippen LogP contribution in [0.3, 0.4) is 0 Å². The number of benzene rings is 1. The fourth-order valence-electron chi connectivity index (χ4n) is 1.04. The van der Waals surface area contributed by atoms with E-state index in [4.69, 9.17) is 5.11 Å². The molecule has 0 saturated heterocycles. The normalized spacial score (nSPS) is 12.2. The van der Waals surface area contributed by atoms with E-state index in [1.165, 1.54) is 6.07 Å². The molecule has 0 fully saturated rings. The third-order valence-corrected chi connectivity index (χ3v) is 3.27. The van der Waals surface area contributed by atoms with E-state index in [-0.39, 0.29) is 0 Å². The van der Waals surface area contributed by atoms with Crippen LogP contribution in [-0.2, 0) is 9.84 Å². The smallest absolute Gasteiger partial charge is 0.465 e. The van der Waals surface area contributed by atoms with Crippen LogP contribution in [0.2, 0.25) is 0 Å². The summed E-state index contributed by atoms with van der Waals surface area (Å²) in [7, 11) is -5.58. The molecule has 0 atom stereocenters. The van der Waals surface area contributed by atoms with Crippen molar-refractivity contribution in [2.24, 2.45) is 0 Å². The second-order valence-electron chi connectivity index (χ2n) is 2.88. The highest BCUT2D eigenvalue weighted by molar-refractivity contribution is 7.92. The molecule has 1 amide bonds. The van der Waals surface area contributed by atoms with Crippen molar-refractivity contribution in [3.05, 3.63) is 24.3 Å². The lowest BCUT2D eigenvalue weighted by Crippen LogP contribution is -2.24. The Bertz CT molecular complexity index is 538. The molecule has 1 rings (SSSR count). The Morgan fingerprint density at radius 3 is 2.24 bits per heavy atom. The van der Waals surface area contributed by atoms with Gasteiger partial charge < -0.3 is 5.11 Å². The zero-order valence-corrected chi connectivity index (χ0v) is 8.84. The van der Waals surface area contributed by atoms with Gasteiger partial charge in [0.05, 0.1) is 10.6 Å². The van der Waals surface area contributed by atoms with Crippen molar-refractivity contribution in [1.29, 1.82) is 0 Å². The van der Waals surface area contributed by atoms with Crippen molar-refractivity contribution < 1.29 is 31.5 Å². The van der Waals surface area contributed by atoms with Crippen molar-refractivity contribution in [3.8, 4) is 0 Å². The van der Waals surface area contributed by atoms with Gasteiger partial charge in [-0.25, -0.2) is 13.2 Å². The number of carboxylic acid groups (broad SMARTS) is 1. The predicted molar refractivity (Wildman–Crippen MR) is 51.3 cm³/mol. The van der Waals surface area contributed by atoms with Gasteiger partial charge in [0.15, 0.2) is 0 Å². The van der Waals surface area contributed by atoms with Gasteiger partial charge in [0.1, 0.15) is 0 Å². The number of hydrogen-bond acceptors (Lipinski definition) is 3. The largest absolute Gasteiger partial charge is 0.501 e. The maximum atomic E-state index is 12.3. The van der Waals surface area contributed by atoms with E-state index < -0.39 is 32.0 Å². The van der Waals surface area contributed by atoms with Crippen LogP contribution in [0.25, 0.3) is 0 Å². The van der Waals surface area contributed by atoms with Gasteiger partial charge in [-0.05, 0) is 12.1 Å². The lowest BCUT2D eigenvalue weighted by atomic mass is 10.3. The number of anilines is 1. The third-order valence-electron chi connectivity index (χ3n) is 1.72. The highest BCUT2D eigenvalue weighted by Crippen LogP contribution is 2.34. The first kappa shape index (κ1) is 13.3. The van der Waals surface area contributed by atoms with Crippen molar-refractivity contribution in [3.63, 3.8) is 0 Å². The Kier molecular flexibility index (Phi) is 3.32. The molecule has 0 saturated carbocycles. The second-order valence-corrected chi connectivity index (χ2v) is 4.79. The van der Waals surface area contributed by atoms with Gasteiger partial charge >= 0.3 is 11.6 Å². The molecule has 17 heavy (non-hydrogen) atoms. The number of halogens is 3. The lowest BCUT2D eigenvalue weighted by Gasteiger charge is -2.11. The average Bonchev–Trinajstić information content (AvgIpc) is 2.15. The molecule has 0 radical (unpaired) electrons. The molecule has 0 unspecified atom stereocenters. The van der Waals surface area contributed by atoms with Crippen molar-refractivity contribution in [1.82, 2.24) is 0 Å². The SMILES string of the molecule is O=C(O)Nc1ccccc1S(=O)(=O)C(F)(F)F. The van der Waals surface area contributed by atoms with E-state index in [1.807, 2.05) is 0 Å². The zero-order chi connectivity index (χ0) is 13.3. The van der Waals surface area contributed by atoms with Gasteiger partial charge in [-0.3, -0.25) is 5.32 Å². The Balaban J connectivity index is 3.37. The number of amides is 1. The van der Waals surface area contributed by atoms with E-state index in [9.17, 15) is 26.4 Å². The number of alkyl halides is 3. The molecule has 0 heterocycles. The summed E-state index contributed by atoms with van der Waals surface area (Å²) in [4.78, 5) is 9.18. The summed E-state index contributed by atoms with van der Waals surface area (Å²) in [6.45, 7) is 0. The van der Waals surface area contributed by atoms with E-state index >= 15 is 0 Å². The number of carbonyl (C=O) groups is 1. The maximum Gasteiger partial charge on any atom is 0.501 e. The third kappa shape index (κ3) is 2.67. The number of rotatable bonds is 2. The van der Waals surface area contributed by atoms with Crippen LogP contribution in [0, 0.1) is 0 Å². The van der Waals surface area contributed by atoms with E-state index in [1.54, 1.807) is 5.32 Å². The van der Waals surface area contributed by atoms with E-state index in [0.717, 1.165) is 12.1 Å². The minimum Gasteiger partial charge on any atom is -0.465 e. The summed E-state index contributed by atoms with van der Waals surface area (Å²) in [6, 6.07) is 3.87. The molecular formula is C8H6F3NO4S. The molecule has 0 bridgehead atoms. The molecule has 94 valence electrons. The number of hydrogen-bond donors (Lipinski definition) is 2. The monoisotopic (exact) mass is 269 g/mol. The summed E-state index contributed by atoms with van der Waals surface area (Å²) < 4.78 is 59.0. The van der Waals surface area contributed by atoms with Crippen LogP contribution < -0.4 is 5.32 Å². The Hall–Kier alpha value is -1.77. The minimum atomic E-state index is -5.58. The van der Waals surface area contributed by atoms with Gasteiger partial charge in [-0.15, -0.1) is 0 Å². The quantitative estimate of drug-likeness (QED) is 0.860. The van der Waals surface area contributed by atoms with Crippen LogP contribution in [0.4, 0.5) is 23.7 Å². The highest BCUT2D eigenvalue weighted by atomic mass is 32.2. The number of para-hydroxylation sites is 1. The first-order chi connectivity index (χ1) is 7.66. The van der Waals surface area contributed by atoms with Gasteiger partial charge in [-0.2, -0.15) is 13.2 Å². The molecule has 0 aliphatic heterocycles. The summed E-state index contributed by atoms with van der Waals surface area (Å²) in [5.41, 5.74) is -6.12. The Morgan fingerprint density at radius 2 is 1.76 bits per heavy atom. The maximum absolute atomic E-state index is 12.3. The Labute approximate surface area is 93.8 Å². The predicted octanol–water partition coefficient (Wildman–Crippen LogP) is 2.07. The molecule has 5 nitrogen and oxygen atoms in total. The first-order valence-corrected chi connectivity index (χ1v) is 5.55. The van der Waals surface area contributed by atoms with Crippen LogP contribution in [0.15, 0.2) is 29.2 Å². The van der Waals surface area contributed by atoms with E-state index in [2.05, 4.69) is 0 Å². The first-order valence-electron chi connectivity index (χ1n) is 4.06. The summed E-state index contributed by atoms with van der Waals surface area (Å²) in [5, 5.41) is 9.96. The number of sulfone groups is 1. The molecule has 1 aromatic rings.